The highest BCUT2D eigenvalue weighted by Crippen LogP contribution is 2.41. The van der Waals surface area contributed by atoms with Gasteiger partial charge in [0.15, 0.2) is 5.11 Å². The van der Waals surface area contributed by atoms with Crippen LogP contribution in [0.2, 0.25) is 0 Å². The highest BCUT2D eigenvalue weighted by molar-refractivity contribution is 7.89. The number of allylic oxidation sites excluding steroid dienone is 4. The van der Waals surface area contributed by atoms with E-state index in [1.165, 1.54) is 9.88 Å². The molecule has 0 unspecified atom stereocenters. The second-order valence-electron chi connectivity index (χ2n) is 10.9. The van der Waals surface area contributed by atoms with Gasteiger partial charge in [-0.05, 0) is 68.6 Å². The maximum Gasteiger partial charge on any atom is 0.243 e. The molecule has 0 radical (unpaired) electrons. The van der Waals surface area contributed by atoms with Crippen molar-refractivity contribution in [2.45, 2.75) is 45.4 Å². The lowest BCUT2D eigenvalue weighted by atomic mass is 9.68. The summed E-state index contributed by atoms with van der Waals surface area (Å²) in [7, 11) is -3.66. The summed E-state index contributed by atoms with van der Waals surface area (Å²) in [4.78, 5) is 2.38. The van der Waals surface area contributed by atoms with E-state index in [0.717, 1.165) is 24.2 Å². The summed E-state index contributed by atoms with van der Waals surface area (Å²) in [5.41, 5.74) is 6.80. The zero-order chi connectivity index (χ0) is 28.0. The second kappa shape index (κ2) is 12.9. The van der Waals surface area contributed by atoms with E-state index in [9.17, 15) is 8.42 Å². The number of ether oxygens (including phenoxy) is 2. The SMILES string of the molecule is CC1=CCCC(C)(C)[C@H]1/C=C/C(C)=N\NC(=S)Nc1cc(S(=O)(=O)N2CCOCC2)ccc1N1CCOCC1. The van der Waals surface area contributed by atoms with Crippen molar-refractivity contribution in [3.05, 3.63) is 42.0 Å². The summed E-state index contributed by atoms with van der Waals surface area (Å²) >= 11 is 5.56. The van der Waals surface area contributed by atoms with Crippen molar-refractivity contribution in [3.8, 4) is 0 Å². The first-order valence-corrected chi connectivity index (χ1v) is 15.4. The molecule has 2 N–H and O–H groups in total. The zero-order valence-corrected chi connectivity index (χ0v) is 25.0. The van der Waals surface area contributed by atoms with E-state index < -0.39 is 10.0 Å². The molecule has 1 aromatic rings. The summed E-state index contributed by atoms with van der Waals surface area (Å²) in [6.07, 6.45) is 8.86. The monoisotopic (exact) mass is 575 g/mol. The fraction of sp³-hybridized carbons (Fsp3) is 0.571. The first-order valence-electron chi connectivity index (χ1n) is 13.6. The normalized spacial score (nSPS) is 23.0. The Balaban J connectivity index is 1.50. The third kappa shape index (κ3) is 7.46. The molecule has 0 spiro atoms. The molecule has 2 fully saturated rings. The smallest absolute Gasteiger partial charge is 0.243 e. The Kier molecular flexibility index (Phi) is 9.82. The summed E-state index contributed by atoms with van der Waals surface area (Å²) in [5, 5.41) is 7.93. The number of sulfonamides is 1. The van der Waals surface area contributed by atoms with Gasteiger partial charge < -0.3 is 19.7 Å². The van der Waals surface area contributed by atoms with E-state index in [0.29, 0.717) is 64.2 Å². The highest BCUT2D eigenvalue weighted by Gasteiger charge is 2.31. The van der Waals surface area contributed by atoms with Crippen LogP contribution in [0.4, 0.5) is 11.4 Å². The molecule has 2 aliphatic heterocycles. The van der Waals surface area contributed by atoms with E-state index in [1.54, 1.807) is 12.1 Å². The first-order chi connectivity index (χ1) is 18.6. The number of thiocarbonyl (C=S) groups is 1. The Morgan fingerprint density at radius 2 is 1.79 bits per heavy atom. The lowest BCUT2D eigenvalue weighted by Gasteiger charge is -2.36. The third-order valence-corrected chi connectivity index (χ3v) is 9.71. The minimum Gasteiger partial charge on any atom is -0.379 e. The minimum atomic E-state index is -3.66. The standard InChI is InChI=1S/C28H41N5O4S2/c1-21-6-5-11-28(3,4)24(21)9-7-22(2)30-31-27(38)29-25-20-23(39(34,35)33-14-18-37-19-15-33)8-10-26(25)32-12-16-36-17-13-32/h6-10,20,24H,5,11-19H2,1-4H3,(H2,29,31,38)/b9-7+,30-22-/t24-/m0/s1. The van der Waals surface area contributed by atoms with Gasteiger partial charge >= 0.3 is 0 Å². The lowest BCUT2D eigenvalue weighted by Crippen LogP contribution is -2.40. The van der Waals surface area contributed by atoms with Crippen molar-refractivity contribution in [1.29, 1.82) is 0 Å². The van der Waals surface area contributed by atoms with Gasteiger partial charge in [-0.2, -0.15) is 9.41 Å². The van der Waals surface area contributed by atoms with E-state index in [1.807, 2.05) is 19.1 Å². The Hall–Kier alpha value is -2.31. The number of morpholine rings is 2. The summed E-state index contributed by atoms with van der Waals surface area (Å²) in [5.74, 6) is 0.369. The van der Waals surface area contributed by atoms with Crippen LogP contribution in [0, 0.1) is 11.3 Å². The van der Waals surface area contributed by atoms with Gasteiger partial charge in [-0.1, -0.05) is 31.6 Å². The molecule has 39 heavy (non-hydrogen) atoms. The van der Waals surface area contributed by atoms with E-state index in [2.05, 4.69) is 53.7 Å². The van der Waals surface area contributed by atoms with Gasteiger partial charge in [-0.25, -0.2) is 8.42 Å². The van der Waals surface area contributed by atoms with Crippen molar-refractivity contribution in [3.63, 3.8) is 0 Å². The first kappa shape index (κ1) is 29.7. The Morgan fingerprint density at radius 1 is 1.13 bits per heavy atom. The maximum atomic E-state index is 13.3. The number of nitrogens with zero attached hydrogens (tertiary/aromatic N) is 3. The molecule has 0 amide bonds. The predicted octanol–water partition coefficient (Wildman–Crippen LogP) is 4.15. The van der Waals surface area contributed by atoms with Crippen LogP contribution in [0.3, 0.4) is 0 Å². The molecular formula is C28H41N5O4S2. The molecule has 0 saturated carbocycles. The molecule has 2 heterocycles. The number of hydrogen-bond donors (Lipinski definition) is 2. The molecule has 11 heteroatoms. The summed E-state index contributed by atoms with van der Waals surface area (Å²) < 4.78 is 39.0. The average Bonchev–Trinajstić information content (AvgIpc) is 2.92. The molecule has 2 saturated heterocycles. The van der Waals surface area contributed by atoms with Gasteiger partial charge in [-0.3, -0.25) is 5.43 Å². The summed E-state index contributed by atoms with van der Waals surface area (Å²) in [6.45, 7) is 12.8. The molecule has 1 aliphatic carbocycles. The molecule has 9 nitrogen and oxygen atoms in total. The Labute approximate surface area is 238 Å². The van der Waals surface area contributed by atoms with Crippen molar-refractivity contribution in [1.82, 2.24) is 9.73 Å². The Bertz CT molecular complexity index is 1230. The molecule has 3 aliphatic rings. The van der Waals surface area contributed by atoms with Crippen LogP contribution in [0.25, 0.3) is 0 Å². The largest absolute Gasteiger partial charge is 0.379 e. The predicted molar refractivity (Wildman–Crippen MR) is 161 cm³/mol. The lowest BCUT2D eigenvalue weighted by molar-refractivity contribution is 0.0730. The topological polar surface area (TPSA) is 95.5 Å². The van der Waals surface area contributed by atoms with Crippen molar-refractivity contribution in [2.24, 2.45) is 16.4 Å². The molecule has 0 bridgehead atoms. The minimum absolute atomic E-state index is 0.211. The number of hydrogen-bond acceptors (Lipinski definition) is 7. The second-order valence-corrected chi connectivity index (χ2v) is 13.3. The molecule has 4 rings (SSSR count). The van der Waals surface area contributed by atoms with Crippen LogP contribution < -0.4 is 15.6 Å². The number of anilines is 2. The quantitative estimate of drug-likeness (QED) is 0.217. The van der Waals surface area contributed by atoms with Crippen molar-refractivity contribution >= 4 is 44.4 Å². The zero-order valence-electron chi connectivity index (χ0n) is 23.4. The van der Waals surface area contributed by atoms with E-state index in [-0.39, 0.29) is 15.4 Å². The Morgan fingerprint density at radius 3 is 2.46 bits per heavy atom. The van der Waals surface area contributed by atoms with Crippen molar-refractivity contribution in [2.75, 3.05) is 62.8 Å². The van der Waals surface area contributed by atoms with Crippen LogP contribution in [0.1, 0.15) is 40.5 Å². The van der Waals surface area contributed by atoms with Crippen molar-refractivity contribution < 1.29 is 17.9 Å². The third-order valence-electron chi connectivity index (χ3n) is 7.63. The van der Waals surface area contributed by atoms with Crippen LogP contribution in [-0.2, 0) is 19.5 Å². The van der Waals surface area contributed by atoms with Gasteiger partial charge in [0, 0.05) is 32.1 Å². The molecule has 0 aromatic heterocycles. The average molecular weight is 576 g/mol. The maximum absolute atomic E-state index is 13.3. The fourth-order valence-corrected chi connectivity index (χ4v) is 6.93. The number of nitrogens with one attached hydrogen (secondary N) is 2. The van der Waals surface area contributed by atoms with Crippen LogP contribution >= 0.6 is 12.2 Å². The van der Waals surface area contributed by atoms with Crippen LogP contribution in [-0.4, -0.2) is 76.2 Å². The van der Waals surface area contributed by atoms with E-state index in [4.69, 9.17) is 21.7 Å². The molecule has 1 aromatic carbocycles. The number of benzene rings is 1. The van der Waals surface area contributed by atoms with Gasteiger partial charge in [0.2, 0.25) is 10.0 Å². The number of hydrazone groups is 1. The fourth-order valence-electron chi connectivity index (χ4n) is 5.34. The highest BCUT2D eigenvalue weighted by atomic mass is 32.2. The molecular weight excluding hydrogens is 534 g/mol. The summed E-state index contributed by atoms with van der Waals surface area (Å²) in [6, 6.07) is 5.15. The van der Waals surface area contributed by atoms with Gasteiger partial charge in [-0.15, -0.1) is 0 Å². The van der Waals surface area contributed by atoms with Crippen LogP contribution in [0.15, 0.2) is 52.0 Å². The van der Waals surface area contributed by atoms with Crippen LogP contribution in [0.5, 0.6) is 0 Å². The molecule has 1 atom stereocenters. The molecule has 214 valence electrons. The number of rotatable bonds is 7. The van der Waals surface area contributed by atoms with Gasteiger partial charge in [0.1, 0.15) is 0 Å². The van der Waals surface area contributed by atoms with Gasteiger partial charge in [0.25, 0.3) is 0 Å². The van der Waals surface area contributed by atoms with E-state index >= 15 is 0 Å². The van der Waals surface area contributed by atoms with Gasteiger partial charge in [0.05, 0.1) is 48.4 Å².